The molecular weight excluding hydrogens is 335 g/mol. The lowest BCUT2D eigenvalue weighted by molar-refractivity contribution is 1.02. The molecule has 0 radical (unpaired) electrons. The van der Waals surface area contributed by atoms with Crippen LogP contribution in [0.25, 0.3) is 10.2 Å². The average Bonchev–Trinajstić information content (AvgIpc) is 2.86. The summed E-state index contributed by atoms with van der Waals surface area (Å²) in [5, 5.41) is 4.44. The minimum atomic E-state index is 0.379. The molecule has 3 rings (SSSR count). The molecule has 0 saturated carbocycles. The van der Waals surface area contributed by atoms with Gasteiger partial charge in [-0.3, -0.25) is 0 Å². The average molecular weight is 343 g/mol. The molecule has 102 valence electrons. The Morgan fingerprint density at radius 2 is 2.15 bits per heavy atom. The van der Waals surface area contributed by atoms with Gasteiger partial charge in [0.1, 0.15) is 15.8 Å². The second kappa shape index (κ2) is 5.73. The minimum Gasteiger partial charge on any atom is -0.383 e. The normalized spacial score (nSPS) is 11.1. The summed E-state index contributed by atoms with van der Waals surface area (Å²) >= 11 is 14.9. The van der Waals surface area contributed by atoms with Crippen molar-refractivity contribution >= 4 is 62.3 Å². The van der Waals surface area contributed by atoms with Crippen LogP contribution in [-0.2, 0) is 5.75 Å². The van der Waals surface area contributed by atoms with E-state index in [-0.39, 0.29) is 0 Å². The van der Waals surface area contributed by atoms with Gasteiger partial charge >= 0.3 is 0 Å². The van der Waals surface area contributed by atoms with Crippen LogP contribution in [0.2, 0.25) is 10.2 Å². The van der Waals surface area contributed by atoms with E-state index >= 15 is 0 Å². The number of anilines is 1. The summed E-state index contributed by atoms with van der Waals surface area (Å²) in [4.78, 5) is 13.6. The van der Waals surface area contributed by atoms with Gasteiger partial charge in [-0.2, -0.15) is 0 Å². The summed E-state index contributed by atoms with van der Waals surface area (Å²) < 4.78 is 0. The Kier molecular flexibility index (Phi) is 3.98. The Morgan fingerprint density at radius 1 is 1.30 bits per heavy atom. The van der Waals surface area contributed by atoms with Crippen LogP contribution in [0.1, 0.15) is 5.56 Å². The predicted molar refractivity (Wildman–Crippen MR) is 85.6 cm³/mol. The standard InChI is InChI=1S/C12H8Cl2N4S2/c13-8-3-9(14)16-4-6(8)5-20-12-17-10(15)7-1-2-19-11(7)18-12/h1-4H,5H2,(H2,15,17,18). The lowest BCUT2D eigenvalue weighted by Crippen LogP contribution is -1.95. The van der Waals surface area contributed by atoms with E-state index in [1.807, 2.05) is 11.4 Å². The number of aromatic nitrogens is 3. The number of nitrogen functional groups attached to an aromatic ring is 1. The first-order valence-corrected chi connectivity index (χ1v) is 8.19. The van der Waals surface area contributed by atoms with Crippen LogP contribution in [0.4, 0.5) is 5.82 Å². The Labute approximate surface area is 133 Å². The maximum Gasteiger partial charge on any atom is 0.191 e. The van der Waals surface area contributed by atoms with Crippen molar-refractivity contribution in [2.75, 3.05) is 5.73 Å². The van der Waals surface area contributed by atoms with Crippen molar-refractivity contribution in [3.05, 3.63) is 39.4 Å². The highest BCUT2D eigenvalue weighted by Crippen LogP contribution is 2.29. The third kappa shape index (κ3) is 2.83. The van der Waals surface area contributed by atoms with Gasteiger partial charge in [0.15, 0.2) is 5.16 Å². The number of thiophene rings is 1. The number of nitrogens with zero attached hydrogens (tertiary/aromatic N) is 3. The van der Waals surface area contributed by atoms with E-state index < -0.39 is 0 Å². The van der Waals surface area contributed by atoms with Gasteiger partial charge in [0, 0.05) is 17.0 Å². The Balaban J connectivity index is 1.82. The first-order chi connectivity index (χ1) is 9.63. The molecule has 0 aliphatic heterocycles. The molecule has 0 aliphatic carbocycles. The van der Waals surface area contributed by atoms with Crippen LogP contribution >= 0.6 is 46.3 Å². The maximum atomic E-state index is 6.10. The topological polar surface area (TPSA) is 64.7 Å². The van der Waals surface area contributed by atoms with Gasteiger partial charge in [-0.05, 0) is 23.1 Å². The van der Waals surface area contributed by atoms with Crippen LogP contribution in [0.15, 0.2) is 28.9 Å². The molecular formula is C12H8Cl2N4S2. The molecule has 2 N–H and O–H groups in total. The molecule has 3 heterocycles. The van der Waals surface area contributed by atoms with Crippen LogP contribution < -0.4 is 5.73 Å². The van der Waals surface area contributed by atoms with Crippen LogP contribution in [0.5, 0.6) is 0 Å². The number of halogens is 2. The molecule has 20 heavy (non-hydrogen) atoms. The van der Waals surface area contributed by atoms with Crippen molar-refractivity contribution in [3.8, 4) is 0 Å². The second-order valence-corrected chi connectivity index (χ2v) is 6.55. The van der Waals surface area contributed by atoms with E-state index in [2.05, 4.69) is 15.0 Å². The maximum absolute atomic E-state index is 6.10. The van der Waals surface area contributed by atoms with E-state index in [1.165, 1.54) is 11.8 Å². The summed E-state index contributed by atoms with van der Waals surface area (Å²) in [5.74, 6) is 1.11. The van der Waals surface area contributed by atoms with Gasteiger partial charge in [-0.25, -0.2) is 15.0 Å². The SMILES string of the molecule is Nc1nc(SCc2cnc(Cl)cc2Cl)nc2sccc12. The molecule has 0 aliphatic rings. The van der Waals surface area contributed by atoms with E-state index in [0.717, 1.165) is 15.8 Å². The van der Waals surface area contributed by atoms with E-state index in [4.69, 9.17) is 28.9 Å². The third-order valence-electron chi connectivity index (χ3n) is 2.59. The predicted octanol–water partition coefficient (Wildman–Crippen LogP) is 4.27. The zero-order valence-corrected chi connectivity index (χ0v) is 13.2. The number of fused-ring (bicyclic) bond motifs is 1. The fraction of sp³-hybridized carbons (Fsp3) is 0.0833. The van der Waals surface area contributed by atoms with Gasteiger partial charge in [0.2, 0.25) is 0 Å². The Hall–Kier alpha value is -1.08. The third-order valence-corrected chi connectivity index (χ3v) is 4.85. The van der Waals surface area contributed by atoms with Crippen LogP contribution in [-0.4, -0.2) is 15.0 Å². The molecule has 0 spiro atoms. The Morgan fingerprint density at radius 3 is 2.95 bits per heavy atom. The zero-order valence-electron chi connectivity index (χ0n) is 10.0. The molecule has 8 heteroatoms. The highest BCUT2D eigenvalue weighted by atomic mass is 35.5. The smallest absolute Gasteiger partial charge is 0.191 e. The molecule has 3 aromatic heterocycles. The summed E-state index contributed by atoms with van der Waals surface area (Å²) in [6.07, 6.45) is 1.66. The molecule has 0 amide bonds. The van der Waals surface area contributed by atoms with Gasteiger partial charge in [0.05, 0.1) is 5.39 Å². The van der Waals surface area contributed by atoms with E-state index in [1.54, 1.807) is 23.6 Å². The zero-order chi connectivity index (χ0) is 14.1. The van der Waals surface area contributed by atoms with Gasteiger partial charge in [0.25, 0.3) is 0 Å². The molecule has 0 bridgehead atoms. The fourth-order valence-corrected chi connectivity index (χ4v) is 3.78. The first kappa shape index (κ1) is 13.9. The molecule has 4 nitrogen and oxygen atoms in total. The number of thioether (sulfide) groups is 1. The fourth-order valence-electron chi connectivity index (χ4n) is 1.61. The Bertz CT molecular complexity index is 775. The van der Waals surface area contributed by atoms with Gasteiger partial charge in [-0.15, -0.1) is 11.3 Å². The summed E-state index contributed by atoms with van der Waals surface area (Å²) in [6, 6.07) is 3.54. The minimum absolute atomic E-state index is 0.379. The summed E-state index contributed by atoms with van der Waals surface area (Å²) in [5.41, 5.74) is 6.79. The van der Waals surface area contributed by atoms with Crippen molar-refractivity contribution in [2.45, 2.75) is 10.9 Å². The quantitative estimate of drug-likeness (QED) is 0.437. The van der Waals surface area contributed by atoms with Gasteiger partial charge < -0.3 is 5.73 Å². The monoisotopic (exact) mass is 342 g/mol. The van der Waals surface area contributed by atoms with Crippen molar-refractivity contribution < 1.29 is 0 Å². The molecule has 0 saturated heterocycles. The largest absolute Gasteiger partial charge is 0.383 e. The molecule has 0 aromatic carbocycles. The number of rotatable bonds is 3. The molecule has 3 aromatic rings. The lowest BCUT2D eigenvalue weighted by Gasteiger charge is -2.04. The second-order valence-electron chi connectivity index (χ2n) is 3.92. The summed E-state index contributed by atoms with van der Waals surface area (Å²) in [6.45, 7) is 0. The van der Waals surface area contributed by atoms with E-state index in [0.29, 0.717) is 26.9 Å². The number of nitrogens with two attached hydrogens (primary N) is 1. The highest BCUT2D eigenvalue weighted by Gasteiger charge is 2.09. The van der Waals surface area contributed by atoms with Crippen molar-refractivity contribution in [2.24, 2.45) is 0 Å². The van der Waals surface area contributed by atoms with Crippen LogP contribution in [0.3, 0.4) is 0 Å². The molecule has 0 unspecified atom stereocenters. The number of hydrogen-bond donors (Lipinski definition) is 1. The lowest BCUT2D eigenvalue weighted by atomic mass is 10.3. The highest BCUT2D eigenvalue weighted by molar-refractivity contribution is 7.98. The number of pyridine rings is 1. The van der Waals surface area contributed by atoms with Crippen molar-refractivity contribution in [1.29, 1.82) is 0 Å². The summed E-state index contributed by atoms with van der Waals surface area (Å²) in [7, 11) is 0. The first-order valence-electron chi connectivity index (χ1n) is 5.57. The van der Waals surface area contributed by atoms with E-state index in [9.17, 15) is 0 Å². The van der Waals surface area contributed by atoms with Crippen molar-refractivity contribution in [1.82, 2.24) is 15.0 Å². The van der Waals surface area contributed by atoms with Crippen LogP contribution in [0, 0.1) is 0 Å². The van der Waals surface area contributed by atoms with Crippen molar-refractivity contribution in [3.63, 3.8) is 0 Å². The number of hydrogen-bond acceptors (Lipinski definition) is 6. The molecule has 0 atom stereocenters. The van der Waals surface area contributed by atoms with Gasteiger partial charge in [-0.1, -0.05) is 35.0 Å². The molecule has 0 fully saturated rings.